The number of hydrogen-bond acceptors (Lipinski definition) is 4. The summed E-state index contributed by atoms with van der Waals surface area (Å²) in [5.41, 5.74) is 3.24. The van der Waals surface area contributed by atoms with Crippen LogP contribution < -0.4 is 0 Å². The van der Waals surface area contributed by atoms with Crippen LogP contribution in [0.25, 0.3) is 11.4 Å². The van der Waals surface area contributed by atoms with Crippen LogP contribution in [0.2, 0.25) is 0 Å². The maximum atomic E-state index is 12.6. The normalized spacial score (nSPS) is 12.0. The first-order valence-corrected chi connectivity index (χ1v) is 8.76. The van der Waals surface area contributed by atoms with Gasteiger partial charge in [-0.25, -0.2) is 0 Å². The zero-order valence-corrected chi connectivity index (χ0v) is 15.3. The van der Waals surface area contributed by atoms with E-state index in [1.54, 1.807) is 11.9 Å². The predicted octanol–water partition coefficient (Wildman–Crippen LogP) is 3.12. The van der Waals surface area contributed by atoms with Crippen LogP contribution in [-0.4, -0.2) is 38.1 Å². The third-order valence-electron chi connectivity index (χ3n) is 4.61. The first-order chi connectivity index (χ1) is 12.6. The van der Waals surface area contributed by atoms with Gasteiger partial charge in [0.1, 0.15) is 6.54 Å². The van der Waals surface area contributed by atoms with Gasteiger partial charge in [0.05, 0.1) is 6.04 Å². The lowest BCUT2D eigenvalue weighted by Crippen LogP contribution is -2.33. The molecule has 0 saturated carbocycles. The maximum Gasteiger partial charge on any atom is 0.246 e. The van der Waals surface area contributed by atoms with E-state index < -0.39 is 0 Å². The van der Waals surface area contributed by atoms with Crippen LogP contribution in [0.4, 0.5) is 0 Å². The van der Waals surface area contributed by atoms with E-state index in [2.05, 4.69) is 34.5 Å². The lowest BCUT2D eigenvalue weighted by Gasteiger charge is -2.25. The second-order valence-electron chi connectivity index (χ2n) is 6.29. The number of aromatic nitrogens is 4. The van der Waals surface area contributed by atoms with E-state index in [-0.39, 0.29) is 18.5 Å². The van der Waals surface area contributed by atoms with E-state index in [9.17, 15) is 4.79 Å². The molecule has 2 aromatic carbocycles. The molecule has 1 amide bonds. The van der Waals surface area contributed by atoms with Gasteiger partial charge in [0, 0.05) is 12.6 Å². The zero-order chi connectivity index (χ0) is 18.5. The van der Waals surface area contributed by atoms with Crippen LogP contribution in [0, 0.1) is 0 Å². The summed E-state index contributed by atoms with van der Waals surface area (Å²) in [6.07, 6.45) is 0.987. The van der Waals surface area contributed by atoms with Crippen LogP contribution in [0.5, 0.6) is 0 Å². The Bertz CT molecular complexity index is 857. The Morgan fingerprint density at radius 3 is 2.46 bits per heavy atom. The Morgan fingerprint density at radius 2 is 1.81 bits per heavy atom. The van der Waals surface area contributed by atoms with Crippen LogP contribution >= 0.6 is 0 Å². The van der Waals surface area contributed by atoms with Gasteiger partial charge >= 0.3 is 0 Å². The van der Waals surface area contributed by atoms with Crippen molar-refractivity contribution in [3.63, 3.8) is 0 Å². The van der Waals surface area contributed by atoms with E-state index in [1.807, 2.05) is 49.4 Å². The van der Waals surface area contributed by atoms with Crippen molar-refractivity contribution in [3.05, 3.63) is 65.7 Å². The predicted molar refractivity (Wildman–Crippen MR) is 100 cm³/mol. The Balaban J connectivity index is 1.67. The summed E-state index contributed by atoms with van der Waals surface area (Å²) in [4.78, 5) is 15.6. The van der Waals surface area contributed by atoms with Gasteiger partial charge in [0.2, 0.25) is 11.7 Å². The highest BCUT2D eigenvalue weighted by molar-refractivity contribution is 5.76. The Labute approximate surface area is 153 Å². The Hall–Kier alpha value is -3.02. The molecular formula is C20H23N5O. The molecule has 0 aliphatic rings. The van der Waals surface area contributed by atoms with Crippen molar-refractivity contribution in [3.8, 4) is 11.4 Å². The monoisotopic (exact) mass is 349 g/mol. The first-order valence-electron chi connectivity index (χ1n) is 8.76. The molecule has 1 aromatic heterocycles. The number of carbonyl (C=O) groups is 1. The number of benzene rings is 2. The summed E-state index contributed by atoms with van der Waals surface area (Å²) in [5, 5.41) is 12.4. The average Bonchev–Trinajstić information content (AvgIpc) is 3.16. The molecule has 0 bridgehead atoms. The second kappa shape index (κ2) is 7.91. The lowest BCUT2D eigenvalue weighted by atomic mass is 10.1. The molecular weight excluding hydrogens is 326 g/mol. The van der Waals surface area contributed by atoms with Gasteiger partial charge in [-0.2, -0.15) is 4.80 Å². The highest BCUT2D eigenvalue weighted by Crippen LogP contribution is 2.19. The van der Waals surface area contributed by atoms with Gasteiger partial charge in [0.25, 0.3) is 0 Å². The van der Waals surface area contributed by atoms with Crippen LogP contribution in [0.1, 0.15) is 31.0 Å². The van der Waals surface area contributed by atoms with E-state index >= 15 is 0 Å². The summed E-state index contributed by atoms with van der Waals surface area (Å²) in [7, 11) is 1.79. The van der Waals surface area contributed by atoms with Crippen LogP contribution in [0.15, 0.2) is 54.6 Å². The number of aryl methyl sites for hydroxylation is 1. The quantitative estimate of drug-likeness (QED) is 0.686. The van der Waals surface area contributed by atoms with Gasteiger partial charge in [-0.1, -0.05) is 61.5 Å². The molecule has 6 nitrogen and oxygen atoms in total. The number of amides is 1. The number of likely N-dealkylation sites (N-methyl/N-ethyl adjacent to an activating group) is 1. The summed E-state index contributed by atoms with van der Waals surface area (Å²) >= 11 is 0. The summed E-state index contributed by atoms with van der Waals surface area (Å²) in [6.45, 7) is 4.18. The minimum atomic E-state index is -0.0633. The largest absolute Gasteiger partial charge is 0.337 e. The molecule has 0 N–H and O–H groups in total. The second-order valence-corrected chi connectivity index (χ2v) is 6.29. The molecule has 0 unspecified atom stereocenters. The van der Waals surface area contributed by atoms with Gasteiger partial charge in [-0.05, 0) is 29.7 Å². The third kappa shape index (κ3) is 3.96. The van der Waals surface area contributed by atoms with Gasteiger partial charge in [-0.3, -0.25) is 4.79 Å². The summed E-state index contributed by atoms with van der Waals surface area (Å²) in [5.74, 6) is 0.464. The number of carbonyl (C=O) groups excluding carboxylic acids is 1. The summed E-state index contributed by atoms with van der Waals surface area (Å²) in [6, 6.07) is 18.0. The molecule has 0 aliphatic carbocycles. The smallest absolute Gasteiger partial charge is 0.246 e. The SMILES string of the molecule is CCc1ccc(-c2nnn(CC(=O)N(C)[C@H](C)c3ccccc3)n2)cc1. The number of tetrazole rings is 1. The first kappa shape index (κ1) is 17.8. The minimum absolute atomic E-state index is 0.0201. The average molecular weight is 349 g/mol. The highest BCUT2D eigenvalue weighted by atomic mass is 16.2. The van der Waals surface area contributed by atoms with Crippen molar-refractivity contribution < 1.29 is 4.79 Å². The molecule has 0 spiro atoms. The fourth-order valence-electron chi connectivity index (χ4n) is 2.72. The molecule has 1 atom stereocenters. The van der Waals surface area contributed by atoms with Crippen LogP contribution in [-0.2, 0) is 17.8 Å². The van der Waals surface area contributed by atoms with Crippen LogP contribution in [0.3, 0.4) is 0 Å². The Morgan fingerprint density at radius 1 is 1.12 bits per heavy atom. The molecule has 0 radical (unpaired) electrons. The van der Waals surface area contributed by atoms with E-state index in [0.717, 1.165) is 17.5 Å². The van der Waals surface area contributed by atoms with E-state index in [4.69, 9.17) is 0 Å². The molecule has 3 aromatic rings. The molecule has 0 saturated heterocycles. The fraction of sp³-hybridized carbons (Fsp3) is 0.300. The number of rotatable bonds is 6. The molecule has 3 rings (SSSR count). The van der Waals surface area contributed by atoms with Crippen molar-refractivity contribution in [1.82, 2.24) is 25.1 Å². The maximum absolute atomic E-state index is 12.6. The summed E-state index contributed by atoms with van der Waals surface area (Å²) < 4.78 is 0. The van der Waals surface area contributed by atoms with E-state index in [0.29, 0.717) is 5.82 Å². The van der Waals surface area contributed by atoms with Crippen molar-refractivity contribution >= 4 is 5.91 Å². The Kier molecular flexibility index (Phi) is 5.41. The molecule has 0 aliphatic heterocycles. The molecule has 0 fully saturated rings. The zero-order valence-electron chi connectivity index (χ0n) is 15.3. The van der Waals surface area contributed by atoms with Crippen molar-refractivity contribution in [2.75, 3.05) is 7.05 Å². The molecule has 134 valence electrons. The van der Waals surface area contributed by atoms with Crippen molar-refractivity contribution in [2.24, 2.45) is 0 Å². The molecule has 26 heavy (non-hydrogen) atoms. The minimum Gasteiger partial charge on any atom is -0.337 e. The topological polar surface area (TPSA) is 63.9 Å². The number of hydrogen-bond donors (Lipinski definition) is 0. The third-order valence-corrected chi connectivity index (χ3v) is 4.61. The lowest BCUT2D eigenvalue weighted by molar-refractivity contribution is -0.132. The van der Waals surface area contributed by atoms with Crippen molar-refractivity contribution in [2.45, 2.75) is 32.9 Å². The van der Waals surface area contributed by atoms with E-state index in [1.165, 1.54) is 10.4 Å². The highest BCUT2D eigenvalue weighted by Gasteiger charge is 2.19. The van der Waals surface area contributed by atoms with Gasteiger partial charge < -0.3 is 4.90 Å². The number of nitrogens with zero attached hydrogens (tertiary/aromatic N) is 5. The molecule has 1 heterocycles. The van der Waals surface area contributed by atoms with Crippen molar-refractivity contribution in [1.29, 1.82) is 0 Å². The van der Waals surface area contributed by atoms with Gasteiger partial charge in [0.15, 0.2) is 0 Å². The molecule has 6 heteroatoms. The fourth-order valence-corrected chi connectivity index (χ4v) is 2.72. The standard InChI is InChI=1S/C20H23N5O/c1-4-16-10-12-18(13-11-16)20-21-23-25(22-20)14-19(26)24(3)15(2)17-8-6-5-7-9-17/h5-13,15H,4,14H2,1-3H3/t15-/m1/s1. The van der Waals surface area contributed by atoms with Gasteiger partial charge in [-0.15, -0.1) is 10.2 Å².